The summed E-state index contributed by atoms with van der Waals surface area (Å²) in [6, 6.07) is 16.5. The number of fused-ring (bicyclic) bond motifs is 1. The van der Waals surface area contributed by atoms with Crippen LogP contribution in [0.25, 0.3) is 10.9 Å². The predicted octanol–water partition coefficient (Wildman–Crippen LogP) is 3.92. The Labute approximate surface area is 150 Å². The molecule has 3 aromatic rings. The highest BCUT2D eigenvalue weighted by Crippen LogP contribution is 2.35. The molecule has 1 aromatic heterocycles. The highest BCUT2D eigenvalue weighted by Gasteiger charge is 2.26. The summed E-state index contributed by atoms with van der Waals surface area (Å²) < 4.78 is 14.1. The monoisotopic (exact) mass is 347 g/mol. The van der Waals surface area contributed by atoms with E-state index in [1.807, 2.05) is 36.4 Å². The second-order valence-electron chi connectivity index (χ2n) is 6.62. The number of nitrogens with one attached hydrogen (secondary N) is 1. The lowest BCUT2D eigenvalue weighted by molar-refractivity contribution is 0.482. The first-order chi connectivity index (χ1) is 12.7. The number of rotatable bonds is 2. The average Bonchev–Trinajstić information content (AvgIpc) is 2.67. The van der Waals surface area contributed by atoms with Crippen LogP contribution in [0.4, 0.5) is 10.1 Å². The number of para-hydroxylation sites is 1. The Morgan fingerprint density at radius 1 is 1.08 bits per heavy atom. The van der Waals surface area contributed by atoms with Gasteiger partial charge in [0, 0.05) is 18.5 Å². The number of nitriles is 1. The molecule has 0 saturated carbocycles. The van der Waals surface area contributed by atoms with Crippen LogP contribution < -0.4 is 10.5 Å². The summed E-state index contributed by atoms with van der Waals surface area (Å²) in [6.07, 6.45) is 1.57. The average molecular weight is 347 g/mol. The Balaban J connectivity index is 1.69. The van der Waals surface area contributed by atoms with Crippen molar-refractivity contribution in [1.29, 1.82) is 5.26 Å². The molecule has 2 aromatic carbocycles. The fourth-order valence-corrected chi connectivity index (χ4v) is 3.88. The van der Waals surface area contributed by atoms with Crippen LogP contribution in [0.3, 0.4) is 0 Å². The van der Waals surface area contributed by atoms with Crippen molar-refractivity contribution in [2.45, 2.75) is 18.8 Å². The maximum atomic E-state index is 14.1. The summed E-state index contributed by atoms with van der Waals surface area (Å²) in [5, 5.41) is 10.4. The first-order valence-corrected chi connectivity index (χ1v) is 8.73. The number of aromatic amines is 1. The van der Waals surface area contributed by atoms with E-state index in [1.165, 1.54) is 6.07 Å². The molecule has 0 radical (unpaired) electrons. The lowest BCUT2D eigenvalue weighted by Gasteiger charge is -2.34. The topological polar surface area (TPSA) is 59.9 Å². The van der Waals surface area contributed by atoms with E-state index in [0.29, 0.717) is 18.8 Å². The molecule has 26 heavy (non-hydrogen) atoms. The van der Waals surface area contributed by atoms with Gasteiger partial charge in [0.05, 0.1) is 11.2 Å². The Bertz CT molecular complexity index is 1060. The van der Waals surface area contributed by atoms with Crippen molar-refractivity contribution in [3.05, 3.63) is 75.8 Å². The number of hydrogen-bond acceptors (Lipinski definition) is 3. The van der Waals surface area contributed by atoms with E-state index in [-0.39, 0.29) is 22.9 Å². The van der Waals surface area contributed by atoms with E-state index in [9.17, 15) is 14.4 Å². The van der Waals surface area contributed by atoms with Crippen LogP contribution in [-0.2, 0) is 0 Å². The number of anilines is 1. The van der Waals surface area contributed by atoms with E-state index in [2.05, 4.69) is 16.0 Å². The van der Waals surface area contributed by atoms with Gasteiger partial charge in [-0.3, -0.25) is 4.79 Å². The van der Waals surface area contributed by atoms with Crippen LogP contribution in [-0.4, -0.2) is 18.1 Å². The maximum absolute atomic E-state index is 14.1. The number of pyridine rings is 1. The lowest BCUT2D eigenvalue weighted by Crippen LogP contribution is -2.35. The minimum absolute atomic E-state index is 0.146. The third-order valence-corrected chi connectivity index (χ3v) is 5.16. The number of halogens is 1. The molecule has 4 rings (SSSR count). The van der Waals surface area contributed by atoms with Crippen LogP contribution in [0.2, 0.25) is 0 Å². The minimum atomic E-state index is -0.363. The van der Waals surface area contributed by atoms with Gasteiger partial charge in [0.2, 0.25) is 0 Å². The molecule has 5 heteroatoms. The highest BCUT2D eigenvalue weighted by atomic mass is 19.1. The Kier molecular flexibility index (Phi) is 4.18. The molecule has 4 nitrogen and oxygen atoms in total. The fraction of sp³-hybridized carbons (Fsp3) is 0.238. The summed E-state index contributed by atoms with van der Waals surface area (Å²) >= 11 is 0. The normalized spacial score (nSPS) is 15.2. The molecule has 2 heterocycles. The summed E-state index contributed by atoms with van der Waals surface area (Å²) in [5.41, 5.74) is 1.95. The van der Waals surface area contributed by atoms with Crippen molar-refractivity contribution >= 4 is 16.6 Å². The van der Waals surface area contributed by atoms with Crippen molar-refractivity contribution in [1.82, 2.24) is 4.98 Å². The molecule has 1 aliphatic rings. The molecule has 130 valence electrons. The molecular formula is C21H18FN3O. The molecule has 0 aliphatic carbocycles. The molecule has 0 atom stereocenters. The number of benzene rings is 2. The first-order valence-electron chi connectivity index (χ1n) is 8.73. The number of aromatic nitrogens is 1. The van der Waals surface area contributed by atoms with E-state index < -0.39 is 0 Å². The highest BCUT2D eigenvalue weighted by molar-refractivity contribution is 5.94. The van der Waals surface area contributed by atoms with Gasteiger partial charge in [-0.15, -0.1) is 0 Å². The fourth-order valence-electron chi connectivity index (χ4n) is 3.88. The summed E-state index contributed by atoms with van der Waals surface area (Å²) in [5.74, 6) is -0.00323. The van der Waals surface area contributed by atoms with Crippen LogP contribution in [0.5, 0.6) is 0 Å². The van der Waals surface area contributed by atoms with Gasteiger partial charge < -0.3 is 9.88 Å². The smallest absolute Gasteiger partial charge is 0.268 e. The van der Waals surface area contributed by atoms with Gasteiger partial charge in [0.15, 0.2) is 0 Å². The summed E-state index contributed by atoms with van der Waals surface area (Å²) in [4.78, 5) is 17.2. The minimum Gasteiger partial charge on any atom is -0.370 e. The Hall–Kier alpha value is -3.13. The number of piperidine rings is 1. The zero-order valence-corrected chi connectivity index (χ0v) is 14.2. The predicted molar refractivity (Wildman–Crippen MR) is 99.9 cm³/mol. The second-order valence-corrected chi connectivity index (χ2v) is 6.62. The van der Waals surface area contributed by atoms with Gasteiger partial charge in [-0.1, -0.05) is 36.4 Å². The first kappa shape index (κ1) is 16.3. The zero-order valence-electron chi connectivity index (χ0n) is 14.2. The number of H-pyrrole nitrogens is 1. The second kappa shape index (κ2) is 6.64. The van der Waals surface area contributed by atoms with Crippen molar-refractivity contribution in [3.63, 3.8) is 0 Å². The zero-order chi connectivity index (χ0) is 18.1. The Morgan fingerprint density at radius 2 is 1.77 bits per heavy atom. The van der Waals surface area contributed by atoms with E-state index in [4.69, 9.17) is 0 Å². The number of nitrogens with zero attached hydrogens (tertiary/aromatic N) is 2. The van der Waals surface area contributed by atoms with E-state index in [0.717, 1.165) is 29.3 Å². The molecule has 1 N–H and O–H groups in total. The van der Waals surface area contributed by atoms with E-state index >= 15 is 0 Å². The van der Waals surface area contributed by atoms with Crippen LogP contribution in [0, 0.1) is 17.1 Å². The van der Waals surface area contributed by atoms with Crippen LogP contribution in [0.15, 0.2) is 53.3 Å². The largest absolute Gasteiger partial charge is 0.370 e. The van der Waals surface area contributed by atoms with Gasteiger partial charge >= 0.3 is 0 Å². The van der Waals surface area contributed by atoms with Gasteiger partial charge in [-0.25, -0.2) is 4.39 Å². The molecular weight excluding hydrogens is 329 g/mol. The molecule has 0 spiro atoms. The standard InChI is InChI=1S/C21H18FN3O/c22-18-7-3-1-5-15(18)14-9-11-25(12-10-14)20-16-6-2-4-8-19(16)24-21(26)17(20)13-23/h1-8,14H,9-12H2,(H,24,26). The third kappa shape index (κ3) is 2.74. The SMILES string of the molecule is N#Cc1c(N2CCC(c3ccccc3F)CC2)c2ccccc2[nH]c1=O. The number of hydrogen-bond donors (Lipinski definition) is 1. The van der Waals surface area contributed by atoms with Crippen molar-refractivity contribution in [2.24, 2.45) is 0 Å². The van der Waals surface area contributed by atoms with Crippen molar-refractivity contribution < 1.29 is 4.39 Å². The van der Waals surface area contributed by atoms with Crippen LogP contribution >= 0.6 is 0 Å². The molecule has 0 amide bonds. The van der Waals surface area contributed by atoms with Gasteiger partial charge in [-0.2, -0.15) is 5.26 Å². The summed E-state index contributed by atoms with van der Waals surface area (Å²) in [7, 11) is 0. The van der Waals surface area contributed by atoms with Gasteiger partial charge in [0.25, 0.3) is 5.56 Å². The Morgan fingerprint density at radius 3 is 2.50 bits per heavy atom. The maximum Gasteiger partial charge on any atom is 0.268 e. The van der Waals surface area contributed by atoms with Crippen molar-refractivity contribution in [3.8, 4) is 6.07 Å². The molecule has 1 fully saturated rings. The van der Waals surface area contributed by atoms with Crippen LogP contribution in [0.1, 0.15) is 29.9 Å². The molecule has 1 saturated heterocycles. The molecule has 0 unspecified atom stereocenters. The summed E-state index contributed by atoms with van der Waals surface area (Å²) in [6.45, 7) is 1.36. The van der Waals surface area contributed by atoms with E-state index in [1.54, 1.807) is 6.07 Å². The van der Waals surface area contributed by atoms with Gasteiger partial charge in [0.1, 0.15) is 17.4 Å². The van der Waals surface area contributed by atoms with Crippen molar-refractivity contribution in [2.75, 3.05) is 18.0 Å². The van der Waals surface area contributed by atoms with Gasteiger partial charge in [-0.05, 0) is 36.5 Å². The quantitative estimate of drug-likeness (QED) is 0.764. The third-order valence-electron chi connectivity index (χ3n) is 5.16. The lowest BCUT2D eigenvalue weighted by atomic mass is 9.88. The molecule has 1 aliphatic heterocycles. The molecule has 0 bridgehead atoms.